The number of rotatable bonds is 3. The fraction of sp³-hybridized carbons (Fsp3) is 1.00. The lowest BCUT2D eigenvalue weighted by Gasteiger charge is -2.25. The second-order valence-electron chi connectivity index (χ2n) is 2.73. The molecule has 0 saturated carbocycles. The van der Waals surface area contributed by atoms with E-state index in [1.54, 1.807) is 0 Å². The number of hydrogen-bond donors (Lipinski definition) is 0. The summed E-state index contributed by atoms with van der Waals surface area (Å²) in [7, 11) is -0.510. The van der Waals surface area contributed by atoms with Crippen LogP contribution in [0.15, 0.2) is 0 Å². The van der Waals surface area contributed by atoms with E-state index in [4.69, 9.17) is 0 Å². The molecular formula is C7H14INOS. The summed E-state index contributed by atoms with van der Waals surface area (Å²) >= 11 is 2.40. The average Bonchev–Trinajstić information content (AvgIpc) is 2.04. The predicted molar refractivity (Wildman–Crippen MR) is 57.8 cm³/mol. The van der Waals surface area contributed by atoms with Crippen LogP contribution < -0.4 is 0 Å². The van der Waals surface area contributed by atoms with Crippen LogP contribution in [0.4, 0.5) is 0 Å². The molecule has 0 bridgehead atoms. The van der Waals surface area contributed by atoms with Crippen LogP contribution in [0.2, 0.25) is 0 Å². The fourth-order valence-electron chi connectivity index (χ4n) is 1.18. The third-order valence-electron chi connectivity index (χ3n) is 1.88. The molecule has 0 N–H and O–H groups in total. The van der Waals surface area contributed by atoms with E-state index in [0.29, 0.717) is 0 Å². The molecule has 1 fully saturated rings. The van der Waals surface area contributed by atoms with E-state index in [1.165, 1.54) is 17.4 Å². The van der Waals surface area contributed by atoms with Crippen LogP contribution in [0.5, 0.6) is 0 Å². The number of nitrogens with zero attached hydrogens (tertiary/aromatic N) is 1. The minimum absolute atomic E-state index is 0.510. The summed E-state index contributed by atoms with van der Waals surface area (Å²) in [6.07, 6.45) is 1.27. The Morgan fingerprint density at radius 3 is 2.55 bits per heavy atom. The highest BCUT2D eigenvalue weighted by atomic mass is 127. The molecule has 0 amide bonds. The normalized spacial score (nSPS) is 22.3. The molecule has 4 heteroatoms. The van der Waals surface area contributed by atoms with Gasteiger partial charge in [0, 0.05) is 39.8 Å². The van der Waals surface area contributed by atoms with Gasteiger partial charge in [0.15, 0.2) is 0 Å². The first-order valence-corrected chi connectivity index (χ1v) is 6.97. The molecule has 1 rings (SSSR count). The molecule has 11 heavy (non-hydrogen) atoms. The topological polar surface area (TPSA) is 20.3 Å². The third-order valence-corrected chi connectivity index (χ3v) is 3.92. The second kappa shape index (κ2) is 5.48. The Hall–Kier alpha value is 0.840. The van der Waals surface area contributed by atoms with Crippen LogP contribution in [0.1, 0.15) is 6.42 Å². The molecule has 0 unspecified atom stereocenters. The Balaban J connectivity index is 2.12. The Morgan fingerprint density at radius 1 is 1.36 bits per heavy atom. The zero-order valence-electron chi connectivity index (χ0n) is 6.59. The second-order valence-corrected chi connectivity index (χ2v) is 5.51. The van der Waals surface area contributed by atoms with Crippen molar-refractivity contribution in [2.75, 3.05) is 35.6 Å². The molecule has 1 heterocycles. The molecule has 1 aliphatic rings. The van der Waals surface area contributed by atoms with Gasteiger partial charge in [-0.05, 0) is 13.0 Å². The Bertz CT molecular complexity index is 132. The standard InChI is InChI=1S/C7H14INOS/c8-2-1-3-9-4-6-11(10)7-5-9/h1-7H2. The average molecular weight is 287 g/mol. The number of hydrogen-bond acceptors (Lipinski definition) is 2. The Morgan fingerprint density at radius 2 is 2.00 bits per heavy atom. The van der Waals surface area contributed by atoms with E-state index in [1.807, 2.05) is 0 Å². The van der Waals surface area contributed by atoms with Crippen molar-refractivity contribution < 1.29 is 4.21 Å². The third kappa shape index (κ3) is 3.85. The van der Waals surface area contributed by atoms with Crippen molar-refractivity contribution in [3.05, 3.63) is 0 Å². The maximum atomic E-state index is 11.0. The van der Waals surface area contributed by atoms with Gasteiger partial charge in [0.2, 0.25) is 0 Å². The molecule has 0 aromatic carbocycles. The molecule has 0 spiro atoms. The first kappa shape index (κ1) is 9.92. The van der Waals surface area contributed by atoms with E-state index in [0.717, 1.165) is 24.6 Å². The van der Waals surface area contributed by atoms with Crippen LogP contribution in [0, 0.1) is 0 Å². The molecule has 0 atom stereocenters. The lowest BCUT2D eigenvalue weighted by atomic mass is 10.4. The van der Waals surface area contributed by atoms with Crippen molar-refractivity contribution in [3.8, 4) is 0 Å². The van der Waals surface area contributed by atoms with Gasteiger partial charge in [-0.15, -0.1) is 0 Å². The molecule has 1 saturated heterocycles. The van der Waals surface area contributed by atoms with Crippen LogP contribution in [-0.2, 0) is 10.8 Å². The van der Waals surface area contributed by atoms with Crippen molar-refractivity contribution in [1.29, 1.82) is 0 Å². The molecule has 2 nitrogen and oxygen atoms in total. The zero-order valence-corrected chi connectivity index (χ0v) is 9.57. The zero-order chi connectivity index (χ0) is 8.10. The van der Waals surface area contributed by atoms with E-state index in [9.17, 15) is 4.21 Å². The molecule has 0 aromatic heterocycles. The van der Waals surface area contributed by atoms with Gasteiger partial charge in [-0.2, -0.15) is 0 Å². The minimum atomic E-state index is -0.510. The van der Waals surface area contributed by atoms with Gasteiger partial charge < -0.3 is 4.90 Å². The van der Waals surface area contributed by atoms with Gasteiger partial charge in [0.25, 0.3) is 0 Å². The summed E-state index contributed by atoms with van der Waals surface area (Å²) in [4.78, 5) is 2.42. The van der Waals surface area contributed by atoms with Crippen molar-refractivity contribution in [2.24, 2.45) is 0 Å². The number of alkyl halides is 1. The molecular weight excluding hydrogens is 273 g/mol. The van der Waals surface area contributed by atoms with Gasteiger partial charge in [-0.25, -0.2) is 0 Å². The highest BCUT2D eigenvalue weighted by Crippen LogP contribution is 2.01. The summed E-state index contributed by atoms with van der Waals surface area (Å²) in [5.41, 5.74) is 0. The SMILES string of the molecule is O=S1CCN(CCCI)CC1. The first-order chi connectivity index (χ1) is 5.33. The maximum absolute atomic E-state index is 11.0. The fourth-order valence-corrected chi connectivity index (χ4v) is 2.65. The quantitative estimate of drug-likeness (QED) is 0.567. The minimum Gasteiger partial charge on any atom is -0.301 e. The predicted octanol–water partition coefficient (Wildman–Crippen LogP) is 0.876. The molecule has 1 aliphatic heterocycles. The first-order valence-electron chi connectivity index (χ1n) is 3.96. The largest absolute Gasteiger partial charge is 0.301 e. The van der Waals surface area contributed by atoms with Crippen LogP contribution >= 0.6 is 22.6 Å². The van der Waals surface area contributed by atoms with E-state index in [2.05, 4.69) is 27.5 Å². The van der Waals surface area contributed by atoms with Crippen molar-refractivity contribution in [1.82, 2.24) is 4.90 Å². The summed E-state index contributed by atoms with van der Waals surface area (Å²) in [6.45, 7) is 3.28. The van der Waals surface area contributed by atoms with Gasteiger partial charge >= 0.3 is 0 Å². The molecule has 0 radical (unpaired) electrons. The smallest absolute Gasteiger partial charge is 0.0363 e. The van der Waals surface area contributed by atoms with Crippen LogP contribution in [0.3, 0.4) is 0 Å². The van der Waals surface area contributed by atoms with Crippen molar-refractivity contribution in [2.45, 2.75) is 6.42 Å². The summed E-state index contributed by atoms with van der Waals surface area (Å²) < 4.78 is 12.2. The van der Waals surface area contributed by atoms with E-state index < -0.39 is 10.8 Å². The maximum Gasteiger partial charge on any atom is 0.0363 e. The van der Waals surface area contributed by atoms with Crippen molar-refractivity contribution >= 4 is 33.4 Å². The highest BCUT2D eigenvalue weighted by molar-refractivity contribution is 14.1. The summed E-state index contributed by atoms with van der Waals surface area (Å²) in [5, 5.41) is 0. The van der Waals surface area contributed by atoms with Crippen molar-refractivity contribution in [3.63, 3.8) is 0 Å². The van der Waals surface area contributed by atoms with Crippen LogP contribution in [0.25, 0.3) is 0 Å². The molecule has 66 valence electrons. The van der Waals surface area contributed by atoms with Crippen LogP contribution in [-0.4, -0.2) is 44.7 Å². The summed E-state index contributed by atoms with van der Waals surface area (Å²) in [6, 6.07) is 0. The Kier molecular flexibility index (Phi) is 4.94. The highest BCUT2D eigenvalue weighted by Gasteiger charge is 2.13. The van der Waals surface area contributed by atoms with Gasteiger partial charge in [-0.3, -0.25) is 4.21 Å². The van der Waals surface area contributed by atoms with E-state index in [-0.39, 0.29) is 0 Å². The molecule has 0 aromatic rings. The Labute approximate surface area is 84.3 Å². The van der Waals surface area contributed by atoms with E-state index >= 15 is 0 Å². The monoisotopic (exact) mass is 287 g/mol. The van der Waals surface area contributed by atoms with Gasteiger partial charge in [-0.1, -0.05) is 22.6 Å². The summed E-state index contributed by atoms with van der Waals surface area (Å²) in [5.74, 6) is 1.78. The molecule has 0 aliphatic carbocycles. The van der Waals surface area contributed by atoms with Gasteiger partial charge in [0.1, 0.15) is 0 Å². The lowest BCUT2D eigenvalue weighted by Crippen LogP contribution is -2.38. The lowest BCUT2D eigenvalue weighted by molar-refractivity contribution is 0.302. The number of halogens is 1. The van der Waals surface area contributed by atoms with Gasteiger partial charge in [0.05, 0.1) is 0 Å².